The first-order valence-electron chi connectivity index (χ1n) is 6.76. The second kappa shape index (κ2) is 7.17. The molecule has 1 N–H and O–H groups in total. The highest BCUT2D eigenvalue weighted by molar-refractivity contribution is 7.91. The summed E-state index contributed by atoms with van der Waals surface area (Å²) < 4.78 is 36.8. The summed E-state index contributed by atoms with van der Waals surface area (Å²) >= 11 is 0. The number of hydrogen-bond donors (Lipinski definition) is 1. The van der Waals surface area contributed by atoms with Crippen LogP contribution in [0.1, 0.15) is 12.0 Å². The number of carbonyl (C=O) groups excluding carboxylic acids is 1. The molecule has 22 heavy (non-hydrogen) atoms. The van der Waals surface area contributed by atoms with Crippen LogP contribution in [0.4, 0.5) is 4.39 Å². The molecular formula is C16H16FNO3S. The maximum atomic E-state index is 12.8. The first-order valence-corrected chi connectivity index (χ1v) is 8.41. The molecule has 6 heteroatoms. The second-order valence-electron chi connectivity index (χ2n) is 4.79. The zero-order valence-electron chi connectivity index (χ0n) is 11.8. The molecule has 1 amide bonds. The Kier molecular flexibility index (Phi) is 5.27. The first-order chi connectivity index (χ1) is 10.5. The van der Waals surface area contributed by atoms with Crippen molar-refractivity contribution in [3.8, 4) is 0 Å². The van der Waals surface area contributed by atoms with E-state index in [1.807, 2.05) is 30.3 Å². The fourth-order valence-electron chi connectivity index (χ4n) is 1.87. The van der Waals surface area contributed by atoms with E-state index in [-0.39, 0.29) is 23.0 Å². The SMILES string of the molecule is O=C(CCS(=O)(=O)c1ccc(F)cc1)NCc1ccccc1. The number of halogens is 1. The Morgan fingerprint density at radius 1 is 1.00 bits per heavy atom. The van der Waals surface area contributed by atoms with Gasteiger partial charge in [0, 0.05) is 13.0 Å². The summed E-state index contributed by atoms with van der Waals surface area (Å²) in [5.74, 6) is -1.15. The normalized spacial score (nSPS) is 11.1. The van der Waals surface area contributed by atoms with Gasteiger partial charge in [-0.2, -0.15) is 0 Å². The van der Waals surface area contributed by atoms with Gasteiger partial charge in [0.1, 0.15) is 5.82 Å². The van der Waals surface area contributed by atoms with E-state index in [1.54, 1.807) is 0 Å². The Bertz CT molecular complexity index is 728. The molecule has 2 aromatic rings. The lowest BCUT2D eigenvalue weighted by Crippen LogP contribution is -2.25. The molecule has 116 valence electrons. The van der Waals surface area contributed by atoms with Crippen LogP contribution < -0.4 is 5.32 Å². The number of benzene rings is 2. The minimum Gasteiger partial charge on any atom is -0.352 e. The van der Waals surface area contributed by atoms with E-state index >= 15 is 0 Å². The molecule has 0 fully saturated rings. The summed E-state index contributed by atoms with van der Waals surface area (Å²) in [7, 11) is -3.58. The van der Waals surface area contributed by atoms with Gasteiger partial charge < -0.3 is 5.32 Å². The summed E-state index contributed by atoms with van der Waals surface area (Å²) in [6.45, 7) is 0.357. The second-order valence-corrected chi connectivity index (χ2v) is 6.89. The maximum Gasteiger partial charge on any atom is 0.221 e. The van der Waals surface area contributed by atoms with Crippen LogP contribution in [0.3, 0.4) is 0 Å². The van der Waals surface area contributed by atoms with Crippen molar-refractivity contribution in [3.63, 3.8) is 0 Å². The predicted octanol–water partition coefficient (Wildman–Crippen LogP) is 2.31. The molecule has 0 unspecified atom stereocenters. The Morgan fingerprint density at radius 2 is 1.64 bits per heavy atom. The quantitative estimate of drug-likeness (QED) is 0.831. The first kappa shape index (κ1) is 16.2. The van der Waals surface area contributed by atoms with Crippen LogP contribution in [0.15, 0.2) is 59.5 Å². The number of hydrogen-bond acceptors (Lipinski definition) is 3. The van der Waals surface area contributed by atoms with Crippen molar-refractivity contribution in [2.75, 3.05) is 5.75 Å². The van der Waals surface area contributed by atoms with Crippen LogP contribution in [0.5, 0.6) is 0 Å². The van der Waals surface area contributed by atoms with Crippen LogP contribution in [-0.4, -0.2) is 20.1 Å². The van der Waals surface area contributed by atoms with Crippen molar-refractivity contribution in [2.24, 2.45) is 0 Å². The average molecular weight is 321 g/mol. The largest absolute Gasteiger partial charge is 0.352 e. The molecule has 0 spiro atoms. The standard InChI is InChI=1S/C16H16FNO3S/c17-14-6-8-15(9-7-14)22(20,21)11-10-16(19)18-12-13-4-2-1-3-5-13/h1-9H,10-12H2,(H,18,19). The fraction of sp³-hybridized carbons (Fsp3) is 0.188. The molecule has 0 aliphatic heterocycles. The van der Waals surface area contributed by atoms with Crippen LogP contribution in [0.2, 0.25) is 0 Å². The minimum absolute atomic E-state index is 0.0183. The lowest BCUT2D eigenvalue weighted by molar-refractivity contribution is -0.120. The maximum absolute atomic E-state index is 12.8. The Hall–Kier alpha value is -2.21. The minimum atomic E-state index is -3.58. The average Bonchev–Trinajstić information content (AvgIpc) is 2.52. The van der Waals surface area contributed by atoms with Crippen molar-refractivity contribution < 1.29 is 17.6 Å². The molecule has 0 aromatic heterocycles. The van der Waals surface area contributed by atoms with Crippen molar-refractivity contribution >= 4 is 15.7 Å². The summed E-state index contributed by atoms with van der Waals surface area (Å²) in [6.07, 6.45) is -0.132. The van der Waals surface area contributed by atoms with Gasteiger partial charge in [-0.25, -0.2) is 12.8 Å². The number of carbonyl (C=O) groups is 1. The van der Waals surface area contributed by atoms with Crippen LogP contribution in [0, 0.1) is 5.82 Å². The molecule has 0 bridgehead atoms. The molecule has 0 saturated heterocycles. The van der Waals surface area contributed by atoms with Gasteiger partial charge in [-0.15, -0.1) is 0 Å². The Morgan fingerprint density at radius 3 is 2.27 bits per heavy atom. The van der Waals surface area contributed by atoms with E-state index in [4.69, 9.17) is 0 Å². The third-order valence-electron chi connectivity index (χ3n) is 3.10. The fourth-order valence-corrected chi connectivity index (χ4v) is 3.11. The van der Waals surface area contributed by atoms with Gasteiger partial charge in [0.2, 0.25) is 5.91 Å². The molecule has 0 aliphatic rings. The van der Waals surface area contributed by atoms with Crippen LogP contribution in [-0.2, 0) is 21.2 Å². The third-order valence-corrected chi connectivity index (χ3v) is 4.84. The van der Waals surface area contributed by atoms with Crippen LogP contribution >= 0.6 is 0 Å². The molecule has 2 aromatic carbocycles. The molecule has 2 rings (SSSR count). The number of sulfone groups is 1. The molecule has 0 aliphatic carbocycles. The molecule has 0 atom stereocenters. The molecule has 0 saturated carbocycles. The highest BCUT2D eigenvalue weighted by Gasteiger charge is 2.16. The molecule has 4 nitrogen and oxygen atoms in total. The van der Waals surface area contributed by atoms with Gasteiger partial charge in [0.25, 0.3) is 0 Å². The summed E-state index contributed by atoms with van der Waals surface area (Å²) in [4.78, 5) is 11.7. The summed E-state index contributed by atoms with van der Waals surface area (Å²) in [5.41, 5.74) is 0.942. The lowest BCUT2D eigenvalue weighted by atomic mass is 10.2. The Labute approximate surface area is 128 Å². The van der Waals surface area contributed by atoms with Gasteiger partial charge in [0.05, 0.1) is 10.6 Å². The molecular weight excluding hydrogens is 305 g/mol. The van der Waals surface area contributed by atoms with E-state index < -0.39 is 15.7 Å². The van der Waals surface area contributed by atoms with E-state index in [0.717, 1.165) is 17.7 Å². The van der Waals surface area contributed by atoms with E-state index in [0.29, 0.717) is 6.54 Å². The Balaban J connectivity index is 1.86. The van der Waals surface area contributed by atoms with E-state index in [1.165, 1.54) is 12.1 Å². The monoisotopic (exact) mass is 321 g/mol. The van der Waals surface area contributed by atoms with Crippen molar-refractivity contribution in [1.82, 2.24) is 5.32 Å². The highest BCUT2D eigenvalue weighted by Crippen LogP contribution is 2.12. The van der Waals surface area contributed by atoms with Gasteiger partial charge in [-0.3, -0.25) is 4.79 Å². The van der Waals surface area contributed by atoms with Crippen LogP contribution in [0.25, 0.3) is 0 Å². The van der Waals surface area contributed by atoms with Gasteiger partial charge in [-0.1, -0.05) is 30.3 Å². The zero-order valence-corrected chi connectivity index (χ0v) is 12.6. The van der Waals surface area contributed by atoms with E-state index in [2.05, 4.69) is 5.32 Å². The topological polar surface area (TPSA) is 63.2 Å². The molecule has 0 heterocycles. The van der Waals surface area contributed by atoms with Crippen molar-refractivity contribution in [1.29, 1.82) is 0 Å². The van der Waals surface area contributed by atoms with Gasteiger partial charge in [0.15, 0.2) is 9.84 Å². The van der Waals surface area contributed by atoms with E-state index in [9.17, 15) is 17.6 Å². The number of rotatable bonds is 6. The molecule has 0 radical (unpaired) electrons. The van der Waals surface area contributed by atoms with Crippen molar-refractivity contribution in [3.05, 3.63) is 66.0 Å². The summed E-state index contributed by atoms with van der Waals surface area (Å²) in [5, 5.41) is 2.67. The smallest absolute Gasteiger partial charge is 0.221 e. The lowest BCUT2D eigenvalue weighted by Gasteiger charge is -2.06. The zero-order chi connectivity index (χ0) is 16.0. The highest BCUT2D eigenvalue weighted by atomic mass is 32.2. The predicted molar refractivity (Wildman–Crippen MR) is 81.4 cm³/mol. The number of amides is 1. The number of nitrogens with one attached hydrogen (secondary N) is 1. The third kappa shape index (κ3) is 4.66. The van der Waals surface area contributed by atoms with Gasteiger partial charge in [-0.05, 0) is 29.8 Å². The van der Waals surface area contributed by atoms with Gasteiger partial charge >= 0.3 is 0 Å². The van der Waals surface area contributed by atoms with Crippen molar-refractivity contribution in [2.45, 2.75) is 17.9 Å². The summed E-state index contributed by atoms with van der Waals surface area (Å²) in [6, 6.07) is 13.9.